The van der Waals surface area contributed by atoms with Crippen LogP contribution in [-0.4, -0.2) is 41.1 Å². The van der Waals surface area contributed by atoms with Gasteiger partial charge in [-0.15, -0.1) is 0 Å². The monoisotopic (exact) mass is 358 g/mol. The van der Waals surface area contributed by atoms with Crippen LogP contribution < -0.4 is 15.4 Å². The number of fused-ring (bicyclic) bond motifs is 2. The predicted octanol–water partition coefficient (Wildman–Crippen LogP) is 1.33. The predicted molar refractivity (Wildman–Crippen MR) is 95.0 cm³/mol. The van der Waals surface area contributed by atoms with Crippen LogP contribution in [0.5, 0.6) is 5.75 Å². The first-order valence-electron chi connectivity index (χ1n) is 8.41. The number of primary amides is 1. The lowest BCUT2D eigenvalue weighted by Crippen LogP contribution is -2.28. The van der Waals surface area contributed by atoms with Crippen LogP contribution in [-0.2, 0) is 22.7 Å². The molecule has 1 atom stereocenters. The Kier molecular flexibility index (Phi) is 5.22. The van der Waals surface area contributed by atoms with E-state index in [1.165, 1.54) is 0 Å². The van der Waals surface area contributed by atoms with E-state index in [1.54, 1.807) is 18.1 Å². The fourth-order valence-electron chi connectivity index (χ4n) is 2.87. The summed E-state index contributed by atoms with van der Waals surface area (Å²) in [7, 11) is 1.77. The number of ether oxygens (including phenoxy) is 2. The van der Waals surface area contributed by atoms with Crippen LogP contribution in [0.2, 0.25) is 0 Å². The largest absolute Gasteiger partial charge is 0.491 e. The molecule has 2 aromatic rings. The maximum absolute atomic E-state index is 11.4. The lowest BCUT2D eigenvalue weighted by Gasteiger charge is -2.22. The van der Waals surface area contributed by atoms with Crippen molar-refractivity contribution in [1.82, 2.24) is 9.55 Å². The topological polar surface area (TPSA) is 99.7 Å². The van der Waals surface area contributed by atoms with Crippen LogP contribution in [0.15, 0.2) is 30.5 Å². The fourth-order valence-corrected chi connectivity index (χ4v) is 2.87. The first-order chi connectivity index (χ1) is 12.5. The third-order valence-corrected chi connectivity index (χ3v) is 4.29. The molecule has 2 amide bonds. The van der Waals surface area contributed by atoms with Crippen molar-refractivity contribution in [3.8, 4) is 5.75 Å². The van der Waals surface area contributed by atoms with Crippen molar-refractivity contribution in [2.45, 2.75) is 32.6 Å². The molecule has 1 aromatic heterocycles. The second-order valence-electron chi connectivity index (χ2n) is 6.19. The van der Waals surface area contributed by atoms with Crippen molar-refractivity contribution < 1.29 is 19.1 Å². The molecule has 0 saturated heterocycles. The smallest absolute Gasteiger partial charge is 0.284 e. The van der Waals surface area contributed by atoms with Gasteiger partial charge in [0, 0.05) is 7.05 Å². The second kappa shape index (κ2) is 7.57. The molecule has 1 unspecified atom stereocenters. The number of nitrogens with two attached hydrogens (primary N) is 1. The highest BCUT2D eigenvalue weighted by atomic mass is 16.5. The highest BCUT2D eigenvalue weighted by Crippen LogP contribution is 2.29. The summed E-state index contributed by atoms with van der Waals surface area (Å²) in [4.78, 5) is 27.9. The van der Waals surface area contributed by atoms with Crippen molar-refractivity contribution in [3.05, 3.63) is 42.0 Å². The maximum atomic E-state index is 11.4. The molecule has 0 aliphatic carbocycles. The number of rotatable bonds is 1. The number of hydrogen-bond acceptors (Lipinski definition) is 5. The van der Waals surface area contributed by atoms with Gasteiger partial charge in [-0.05, 0) is 19.1 Å². The molecule has 8 nitrogen and oxygen atoms in total. The van der Waals surface area contributed by atoms with Crippen molar-refractivity contribution in [2.24, 2.45) is 5.73 Å². The number of nitrogens with zero attached hydrogens (tertiary/aromatic N) is 3. The molecule has 2 aliphatic rings. The molecule has 4 rings (SSSR count). The van der Waals surface area contributed by atoms with Crippen LogP contribution in [0.25, 0.3) is 0 Å². The Labute approximate surface area is 151 Å². The molecule has 0 bridgehead atoms. The number of anilines is 1. The first-order valence-corrected chi connectivity index (χ1v) is 8.41. The molecule has 0 spiro atoms. The molecule has 2 aliphatic heterocycles. The quantitative estimate of drug-likeness (QED) is 0.829. The number of aromatic nitrogens is 2. The minimum absolute atomic E-state index is 0.102. The zero-order valence-electron chi connectivity index (χ0n) is 14.8. The number of carbonyl (C=O) groups excluding carboxylic acids is 2. The lowest BCUT2D eigenvalue weighted by atomic mass is 10.2. The molecule has 0 radical (unpaired) electrons. The number of hydrogen-bond donors (Lipinski definition) is 1. The van der Waals surface area contributed by atoms with E-state index in [9.17, 15) is 9.59 Å². The van der Waals surface area contributed by atoms with Gasteiger partial charge in [0.2, 0.25) is 5.91 Å². The maximum Gasteiger partial charge on any atom is 0.284 e. The summed E-state index contributed by atoms with van der Waals surface area (Å²) >= 11 is 0. The van der Waals surface area contributed by atoms with E-state index in [0.29, 0.717) is 32.0 Å². The average molecular weight is 358 g/mol. The van der Waals surface area contributed by atoms with Gasteiger partial charge < -0.3 is 24.7 Å². The molecule has 8 heteroatoms. The van der Waals surface area contributed by atoms with Crippen molar-refractivity contribution in [1.29, 1.82) is 0 Å². The van der Waals surface area contributed by atoms with Crippen LogP contribution >= 0.6 is 0 Å². The minimum atomic E-state index is -0.486. The SMILES string of the molecule is CC1Cn2c(cnc2C(N)=O)CO1.CN1C(=O)CCOc2ccccc21. The zero-order valence-corrected chi connectivity index (χ0v) is 14.8. The third kappa shape index (κ3) is 3.70. The lowest BCUT2D eigenvalue weighted by molar-refractivity contribution is -0.118. The van der Waals surface area contributed by atoms with Gasteiger partial charge in [-0.2, -0.15) is 0 Å². The average Bonchev–Trinajstić information content (AvgIpc) is 2.99. The number of imidazole rings is 1. The van der Waals surface area contributed by atoms with Crippen molar-refractivity contribution in [2.75, 3.05) is 18.6 Å². The van der Waals surface area contributed by atoms with E-state index in [4.69, 9.17) is 15.2 Å². The first kappa shape index (κ1) is 17.9. The van der Waals surface area contributed by atoms with Crippen molar-refractivity contribution in [3.63, 3.8) is 0 Å². The molecule has 1 aromatic carbocycles. The van der Waals surface area contributed by atoms with Gasteiger partial charge in [0.1, 0.15) is 5.75 Å². The summed E-state index contributed by atoms with van der Waals surface area (Å²) in [6.45, 7) is 3.57. The number of benzene rings is 1. The summed E-state index contributed by atoms with van der Waals surface area (Å²) < 4.78 is 12.6. The number of amides is 2. The van der Waals surface area contributed by atoms with E-state index in [-0.39, 0.29) is 12.0 Å². The van der Waals surface area contributed by atoms with Gasteiger partial charge in [-0.3, -0.25) is 9.59 Å². The highest BCUT2D eigenvalue weighted by molar-refractivity contribution is 5.95. The summed E-state index contributed by atoms with van der Waals surface area (Å²) in [5.74, 6) is 0.728. The van der Waals surface area contributed by atoms with Crippen molar-refractivity contribution >= 4 is 17.5 Å². The van der Waals surface area contributed by atoms with Gasteiger partial charge >= 0.3 is 0 Å². The van der Waals surface area contributed by atoms with E-state index in [2.05, 4.69) is 4.98 Å². The molecule has 138 valence electrons. The Morgan fingerprint density at radius 3 is 2.88 bits per heavy atom. The molecular formula is C18H22N4O4. The Morgan fingerprint density at radius 1 is 1.35 bits per heavy atom. The van der Waals surface area contributed by atoms with Crippen LogP contribution in [0, 0.1) is 0 Å². The van der Waals surface area contributed by atoms with Crippen LogP contribution in [0.1, 0.15) is 29.7 Å². The van der Waals surface area contributed by atoms with E-state index in [1.807, 2.05) is 35.8 Å². The Bertz CT molecular complexity index is 817. The number of para-hydroxylation sites is 2. The van der Waals surface area contributed by atoms with E-state index in [0.717, 1.165) is 17.1 Å². The minimum Gasteiger partial charge on any atom is -0.491 e. The molecule has 3 heterocycles. The molecule has 0 fully saturated rings. The Morgan fingerprint density at radius 2 is 2.12 bits per heavy atom. The highest BCUT2D eigenvalue weighted by Gasteiger charge is 2.21. The summed E-state index contributed by atoms with van der Waals surface area (Å²) in [6.07, 6.45) is 2.19. The molecule has 2 N–H and O–H groups in total. The summed E-state index contributed by atoms with van der Waals surface area (Å²) in [5.41, 5.74) is 6.93. The standard InChI is InChI=1S/C10H11NO2.C8H11N3O2/c1-11-8-4-2-3-5-9(8)13-7-6-10(11)12;1-5-3-11-6(4-13-5)2-10-8(11)7(9)12/h2-5H,6-7H2,1H3;2,5H,3-4H2,1H3,(H2,9,12). The Balaban J connectivity index is 0.000000151. The van der Waals surface area contributed by atoms with Crippen LogP contribution in [0.3, 0.4) is 0 Å². The van der Waals surface area contributed by atoms with Gasteiger partial charge in [-0.1, -0.05) is 12.1 Å². The summed E-state index contributed by atoms with van der Waals surface area (Å²) in [5, 5.41) is 0. The normalized spacial score (nSPS) is 18.6. The summed E-state index contributed by atoms with van der Waals surface area (Å²) in [6, 6.07) is 7.57. The fraction of sp³-hybridized carbons (Fsp3) is 0.389. The third-order valence-electron chi connectivity index (χ3n) is 4.29. The molecule has 0 saturated carbocycles. The second-order valence-corrected chi connectivity index (χ2v) is 6.19. The number of carbonyl (C=O) groups is 2. The van der Waals surface area contributed by atoms with Gasteiger partial charge in [0.05, 0.1) is 49.9 Å². The molecular weight excluding hydrogens is 336 g/mol. The zero-order chi connectivity index (χ0) is 18.7. The van der Waals surface area contributed by atoms with Gasteiger partial charge in [0.15, 0.2) is 5.82 Å². The van der Waals surface area contributed by atoms with Gasteiger partial charge in [0.25, 0.3) is 5.91 Å². The molecule has 26 heavy (non-hydrogen) atoms. The van der Waals surface area contributed by atoms with E-state index >= 15 is 0 Å². The van der Waals surface area contributed by atoms with Crippen LogP contribution in [0.4, 0.5) is 5.69 Å². The van der Waals surface area contributed by atoms with Gasteiger partial charge in [-0.25, -0.2) is 4.98 Å². The van der Waals surface area contributed by atoms with E-state index < -0.39 is 5.91 Å². The Hall–Kier alpha value is -2.87.